The topological polar surface area (TPSA) is 66.0 Å². The van der Waals surface area contributed by atoms with Gasteiger partial charge in [0.2, 0.25) is 0 Å². The number of imide groups is 1. The summed E-state index contributed by atoms with van der Waals surface area (Å²) in [6.07, 6.45) is 6.70. The number of carbonyl (C=O) groups is 2. The van der Waals surface area contributed by atoms with Crippen molar-refractivity contribution in [1.82, 2.24) is 10.2 Å². The van der Waals surface area contributed by atoms with E-state index in [-0.39, 0.29) is 18.0 Å². The molecule has 1 atom stereocenters. The average Bonchev–Trinajstić information content (AvgIpc) is 3.09. The SMILES string of the molecule is CC(C)[C@H]([NH2+]CC(=O)N1CCNC1=O)c1ccc(C2CCCCC2)cc1. The number of amides is 3. The lowest BCUT2D eigenvalue weighted by Crippen LogP contribution is -2.88. The van der Waals surface area contributed by atoms with Crippen LogP contribution >= 0.6 is 0 Å². The van der Waals surface area contributed by atoms with Gasteiger partial charge in [0.1, 0.15) is 6.04 Å². The van der Waals surface area contributed by atoms with E-state index >= 15 is 0 Å². The van der Waals surface area contributed by atoms with Crippen molar-refractivity contribution in [3.8, 4) is 0 Å². The lowest BCUT2D eigenvalue weighted by molar-refractivity contribution is -0.692. The molecule has 3 rings (SSSR count). The van der Waals surface area contributed by atoms with E-state index in [0.29, 0.717) is 25.6 Å². The van der Waals surface area contributed by atoms with Gasteiger partial charge in [-0.05, 0) is 24.3 Å². The van der Waals surface area contributed by atoms with Gasteiger partial charge in [-0.15, -0.1) is 0 Å². The molecule has 1 heterocycles. The maximum absolute atomic E-state index is 12.3. The summed E-state index contributed by atoms with van der Waals surface area (Å²) in [5.74, 6) is 1.02. The first-order valence-corrected chi connectivity index (χ1v) is 10.1. The molecule has 3 amide bonds. The molecule has 1 saturated carbocycles. The monoisotopic (exact) mass is 358 g/mol. The van der Waals surface area contributed by atoms with Gasteiger partial charge in [-0.1, -0.05) is 57.4 Å². The Labute approximate surface area is 156 Å². The Hall–Kier alpha value is -1.88. The first-order valence-electron chi connectivity index (χ1n) is 10.1. The quantitative estimate of drug-likeness (QED) is 0.821. The van der Waals surface area contributed by atoms with E-state index in [9.17, 15) is 9.59 Å². The summed E-state index contributed by atoms with van der Waals surface area (Å²) in [4.78, 5) is 25.3. The molecular formula is C21H32N3O2+. The maximum Gasteiger partial charge on any atom is 0.324 e. The minimum absolute atomic E-state index is 0.107. The largest absolute Gasteiger partial charge is 0.336 e. The van der Waals surface area contributed by atoms with Crippen LogP contribution in [0.4, 0.5) is 4.79 Å². The minimum Gasteiger partial charge on any atom is -0.336 e. The number of hydrogen-bond donors (Lipinski definition) is 2. The normalized spacial score (nSPS) is 19.7. The molecule has 1 saturated heterocycles. The molecule has 1 aromatic rings. The number of nitrogens with two attached hydrogens (primary N) is 1. The van der Waals surface area contributed by atoms with Crippen LogP contribution in [0.1, 0.15) is 69.0 Å². The van der Waals surface area contributed by atoms with Gasteiger partial charge in [-0.25, -0.2) is 4.79 Å². The first kappa shape index (κ1) is 18.9. The molecule has 26 heavy (non-hydrogen) atoms. The Morgan fingerprint density at radius 3 is 2.46 bits per heavy atom. The van der Waals surface area contributed by atoms with Crippen LogP contribution < -0.4 is 10.6 Å². The number of benzene rings is 1. The third-order valence-corrected chi connectivity index (χ3v) is 5.82. The highest BCUT2D eigenvalue weighted by molar-refractivity contribution is 5.96. The fraction of sp³-hybridized carbons (Fsp3) is 0.619. The van der Waals surface area contributed by atoms with Crippen molar-refractivity contribution in [2.75, 3.05) is 19.6 Å². The third-order valence-electron chi connectivity index (χ3n) is 5.82. The Morgan fingerprint density at radius 2 is 1.88 bits per heavy atom. The zero-order chi connectivity index (χ0) is 18.5. The molecular weight excluding hydrogens is 326 g/mol. The summed E-state index contributed by atoms with van der Waals surface area (Å²) < 4.78 is 0. The van der Waals surface area contributed by atoms with Crippen LogP contribution in [0.5, 0.6) is 0 Å². The maximum atomic E-state index is 12.3. The molecule has 142 valence electrons. The second kappa shape index (κ2) is 8.67. The molecule has 0 unspecified atom stereocenters. The van der Waals surface area contributed by atoms with Crippen LogP contribution in [0.15, 0.2) is 24.3 Å². The Balaban J connectivity index is 1.61. The van der Waals surface area contributed by atoms with Crippen molar-refractivity contribution >= 4 is 11.9 Å². The number of carbonyl (C=O) groups excluding carboxylic acids is 2. The summed E-state index contributed by atoms with van der Waals surface area (Å²) in [5, 5.41) is 4.76. The van der Waals surface area contributed by atoms with Crippen LogP contribution in [-0.2, 0) is 4.79 Å². The van der Waals surface area contributed by atoms with Crippen molar-refractivity contribution in [2.24, 2.45) is 5.92 Å². The van der Waals surface area contributed by atoms with E-state index in [0.717, 1.165) is 5.92 Å². The van der Waals surface area contributed by atoms with Gasteiger partial charge < -0.3 is 10.6 Å². The second-order valence-electron chi connectivity index (χ2n) is 7.99. The van der Waals surface area contributed by atoms with Gasteiger partial charge in [0, 0.05) is 24.6 Å². The van der Waals surface area contributed by atoms with Crippen LogP contribution in [0, 0.1) is 5.92 Å². The van der Waals surface area contributed by atoms with Crippen LogP contribution in [0.3, 0.4) is 0 Å². The molecule has 0 spiro atoms. The highest BCUT2D eigenvalue weighted by Gasteiger charge is 2.29. The number of urea groups is 1. The predicted octanol–water partition coefficient (Wildman–Crippen LogP) is 2.55. The first-order chi connectivity index (χ1) is 12.6. The molecule has 5 nitrogen and oxygen atoms in total. The molecule has 1 aromatic carbocycles. The van der Waals surface area contributed by atoms with Crippen molar-refractivity contribution in [3.63, 3.8) is 0 Å². The van der Waals surface area contributed by atoms with E-state index in [1.807, 2.05) is 0 Å². The number of nitrogens with zero attached hydrogens (tertiary/aromatic N) is 1. The highest BCUT2D eigenvalue weighted by atomic mass is 16.2. The second-order valence-corrected chi connectivity index (χ2v) is 7.99. The van der Waals surface area contributed by atoms with E-state index in [4.69, 9.17) is 0 Å². The standard InChI is InChI=1S/C21H31N3O2/c1-15(2)20(23-14-19(25)24-13-12-22-21(24)26)18-10-8-17(9-11-18)16-6-4-3-5-7-16/h8-11,15-16,20,23H,3-7,12-14H2,1-2H3,(H,22,26)/p+1/t20-/m0/s1. The van der Waals surface area contributed by atoms with E-state index in [1.54, 1.807) is 0 Å². The molecule has 3 N–H and O–H groups in total. The summed E-state index contributed by atoms with van der Waals surface area (Å²) in [7, 11) is 0. The molecule has 0 aromatic heterocycles. The van der Waals surface area contributed by atoms with Crippen LogP contribution in [0.25, 0.3) is 0 Å². The minimum atomic E-state index is -0.263. The van der Waals surface area contributed by atoms with E-state index in [2.05, 4.69) is 48.7 Å². The van der Waals surface area contributed by atoms with Crippen molar-refractivity contribution in [3.05, 3.63) is 35.4 Å². The van der Waals surface area contributed by atoms with Gasteiger partial charge in [-0.2, -0.15) is 0 Å². The fourth-order valence-electron chi connectivity index (χ4n) is 4.27. The molecule has 2 aliphatic rings. The molecule has 1 aliphatic carbocycles. The van der Waals surface area contributed by atoms with E-state index in [1.165, 1.54) is 48.1 Å². The highest BCUT2D eigenvalue weighted by Crippen LogP contribution is 2.33. The predicted molar refractivity (Wildman–Crippen MR) is 102 cm³/mol. The van der Waals surface area contributed by atoms with Crippen molar-refractivity contribution in [2.45, 2.75) is 57.9 Å². The van der Waals surface area contributed by atoms with Crippen LogP contribution in [-0.4, -0.2) is 36.5 Å². The van der Waals surface area contributed by atoms with Gasteiger partial charge in [0.25, 0.3) is 5.91 Å². The number of rotatable bonds is 6. The summed E-state index contributed by atoms with van der Waals surface area (Å²) in [6.45, 7) is 5.71. The summed E-state index contributed by atoms with van der Waals surface area (Å²) in [6, 6.07) is 9.00. The summed E-state index contributed by atoms with van der Waals surface area (Å²) >= 11 is 0. The number of hydrogen-bond acceptors (Lipinski definition) is 2. The molecule has 1 aliphatic heterocycles. The smallest absolute Gasteiger partial charge is 0.324 e. The summed E-state index contributed by atoms with van der Waals surface area (Å²) in [5.41, 5.74) is 2.72. The van der Waals surface area contributed by atoms with E-state index < -0.39 is 0 Å². The van der Waals surface area contributed by atoms with Gasteiger partial charge in [-0.3, -0.25) is 9.69 Å². The van der Waals surface area contributed by atoms with Gasteiger partial charge in [0.05, 0.1) is 0 Å². The Bertz CT molecular complexity index is 621. The zero-order valence-corrected chi connectivity index (χ0v) is 16.0. The Morgan fingerprint density at radius 1 is 1.19 bits per heavy atom. The van der Waals surface area contributed by atoms with Crippen molar-refractivity contribution < 1.29 is 14.9 Å². The lowest BCUT2D eigenvalue weighted by atomic mass is 9.83. The molecule has 0 bridgehead atoms. The van der Waals surface area contributed by atoms with Crippen LogP contribution in [0.2, 0.25) is 0 Å². The van der Waals surface area contributed by atoms with Crippen molar-refractivity contribution in [1.29, 1.82) is 0 Å². The lowest BCUT2D eigenvalue weighted by Gasteiger charge is -2.24. The number of nitrogens with one attached hydrogen (secondary N) is 1. The van der Waals surface area contributed by atoms with Gasteiger partial charge >= 0.3 is 6.03 Å². The third kappa shape index (κ3) is 4.44. The number of quaternary nitrogens is 1. The zero-order valence-electron chi connectivity index (χ0n) is 16.0. The molecule has 2 fully saturated rings. The molecule has 5 heteroatoms. The average molecular weight is 359 g/mol. The van der Waals surface area contributed by atoms with Gasteiger partial charge in [0.15, 0.2) is 6.54 Å². The molecule has 0 radical (unpaired) electrons. The Kier molecular flexibility index (Phi) is 6.30. The fourth-order valence-corrected chi connectivity index (χ4v) is 4.27.